The van der Waals surface area contributed by atoms with Gasteiger partial charge >= 0.3 is 12.1 Å². The zero-order chi connectivity index (χ0) is 103. The van der Waals surface area contributed by atoms with Crippen LogP contribution in [0.5, 0.6) is 0 Å². The Bertz CT molecular complexity index is 5370. The third kappa shape index (κ3) is 43.1. The van der Waals surface area contributed by atoms with E-state index in [1.807, 2.05) is 197 Å². The Balaban J connectivity index is 0.000000176. The number of aliphatic carboxylic acids is 1. The van der Waals surface area contributed by atoms with Gasteiger partial charge in [-0.15, -0.1) is 0 Å². The van der Waals surface area contributed by atoms with Crippen molar-refractivity contribution >= 4 is 35.6 Å². The summed E-state index contributed by atoms with van der Waals surface area (Å²) in [5, 5.41) is 61.8. The van der Waals surface area contributed by atoms with Crippen LogP contribution in [0.15, 0.2) is 160 Å². The predicted octanol–water partition coefficient (Wildman–Crippen LogP) is 12.0. The Morgan fingerprint density at radius 1 is 0.392 bits per heavy atom. The summed E-state index contributed by atoms with van der Waals surface area (Å²) in [6.45, 7) is 51.8. The Morgan fingerprint density at radius 3 is 1.17 bits per heavy atom. The first-order valence-electron chi connectivity index (χ1n) is 50.4. The predicted molar refractivity (Wildman–Crippen MR) is 551 cm³/mol. The molecule has 11 aromatic rings. The molecule has 8 aliphatic heterocycles. The van der Waals surface area contributed by atoms with E-state index in [2.05, 4.69) is 146 Å². The van der Waals surface area contributed by atoms with Crippen LogP contribution in [0.4, 0.5) is 4.79 Å². The number of nitrogens with zero attached hydrogens (tertiary/aromatic N) is 24. The lowest BCUT2D eigenvalue weighted by Gasteiger charge is -2.33. The van der Waals surface area contributed by atoms with Gasteiger partial charge in [0.2, 0.25) is 5.91 Å². The van der Waals surface area contributed by atoms with Crippen LogP contribution in [-0.4, -0.2) is 333 Å². The van der Waals surface area contributed by atoms with E-state index in [0.29, 0.717) is 62.3 Å². The molecular weight excluding hydrogens is 1820 g/mol. The number of aromatic nitrogens is 18. The number of likely N-dealkylation sites (N-methyl/N-ethyl adjacent to an activating group) is 1. The summed E-state index contributed by atoms with van der Waals surface area (Å²) in [6, 6.07) is 17.5. The van der Waals surface area contributed by atoms with Crippen LogP contribution in [0, 0.1) is 76.2 Å². The van der Waals surface area contributed by atoms with Gasteiger partial charge in [-0.05, 0) is 269 Å². The highest BCUT2D eigenvalue weighted by Gasteiger charge is 2.30. The molecule has 38 heteroatoms. The summed E-state index contributed by atoms with van der Waals surface area (Å²) >= 11 is 0. The van der Waals surface area contributed by atoms with Crippen molar-refractivity contribution in [2.45, 2.75) is 237 Å². The summed E-state index contributed by atoms with van der Waals surface area (Å²) in [6.07, 6.45) is 44.6. The van der Waals surface area contributed by atoms with Crippen LogP contribution in [-0.2, 0) is 66.1 Å². The number of methoxy groups -OCH3 is 1. The highest BCUT2D eigenvalue weighted by molar-refractivity contribution is 5.95. The molecule has 143 heavy (non-hydrogen) atoms. The molecule has 0 aliphatic carbocycles. The highest BCUT2D eigenvalue weighted by Crippen LogP contribution is 2.26. The minimum Gasteiger partial charge on any atom is -0.480 e. The van der Waals surface area contributed by atoms with Gasteiger partial charge in [0, 0.05) is 179 Å². The number of piperidine rings is 2. The molecule has 2 atom stereocenters. The van der Waals surface area contributed by atoms with Crippen LogP contribution < -0.4 is 10.6 Å². The number of Topliss-reactive ketones (excluding diaryl/α,β-unsaturated/α-hetero) is 1. The number of aryl methyl sites for hydroxylation is 11. The first-order chi connectivity index (χ1) is 68.5. The second kappa shape index (κ2) is 60.4. The number of carboxylic acid groups (broad SMARTS) is 1. The minimum atomic E-state index is -0.872. The second-order valence-corrected chi connectivity index (χ2v) is 39.0. The number of ether oxygens (including phenoxy) is 4. The number of benzene rings is 2. The first-order valence-corrected chi connectivity index (χ1v) is 50.4. The van der Waals surface area contributed by atoms with Crippen LogP contribution in [0.3, 0.4) is 0 Å². The number of rotatable bonds is 18. The molecule has 9 aromatic heterocycles. The van der Waals surface area contributed by atoms with Gasteiger partial charge in [-0.1, -0.05) is 35.4 Å². The van der Waals surface area contributed by atoms with E-state index in [1.54, 1.807) is 58.0 Å². The zero-order valence-corrected chi connectivity index (χ0v) is 87.8. The van der Waals surface area contributed by atoms with Crippen LogP contribution in [0.2, 0.25) is 0 Å². The Labute approximate surface area is 844 Å². The number of carboxylic acids is 1. The lowest BCUT2D eigenvalue weighted by Crippen LogP contribution is -2.47. The van der Waals surface area contributed by atoms with Crippen molar-refractivity contribution in [1.82, 2.24) is 128 Å². The molecule has 0 unspecified atom stereocenters. The fraction of sp³-hybridized carbons (Fsp3) is 0.571. The van der Waals surface area contributed by atoms with Crippen molar-refractivity contribution in [1.29, 1.82) is 0 Å². The van der Waals surface area contributed by atoms with E-state index < -0.39 is 11.6 Å². The van der Waals surface area contributed by atoms with E-state index in [9.17, 15) is 33.9 Å². The Hall–Kier alpha value is -12.2. The van der Waals surface area contributed by atoms with Crippen molar-refractivity contribution in [2.75, 3.05) is 158 Å². The standard InChI is InChI=1S/C14H23N3O2.C13H18N2O.C12H15NO2.C10H17N3O.C10H15N3O.C9H15N3.C9H14N2O.C8H13N3.C7H10N2O.C7H12N2O.C6H8N2O2/c1-11-9-15-17(10-11)12-5-7-16(8-6-12)13(18)19-14(2,3)4;1-11-3-5-12(6-4-11)13(16)15-9-7-14(2)8-10-15;1-9-2-4-10(5-3-9)12(15)13-7-6-11(14)8-13;1-10-8-11-13(9-10)3-2-12-4-6-14-7-5-12;1-9-6-11-13(7-9)8-10(14)12-4-2-3-5-12;1-8-6-11-12(7-8)9-2-4-10-5-3-9;1-8-6-10-11(7-8)9-2-4-12-5-3-9;1-7-4-10-11(6-7)8-2-3-9-5-8;1-6-3-8-9(4-6)5-7(2)10;1-7-5-8-9(6-7)3-4-10-2;1-5-2-7-8(3-5)4-6(9)10/h9-10,12H,5-8H2,1-4H3;3-6H,7-10H2,1-2H3;2-5,11,14H,6-8H2,1H3;8-9H,2-7H2,1H3;6-7H,2-5,8H2,1H3;6-7,9-10H,2-5H2,1H3;6-7,9H,2-5H2,1H3;4,6,8-9H,2-3,5H2,1H3;3-4H,5H2,1-2H3;5-6H,3-4H2,1-2H3;2-3H,4H2,1H3,(H,9,10)/t;;11-;;;;;8-;;;/m..1....0.../s1. The number of aliphatic hydroxyl groups is 1. The van der Waals surface area contributed by atoms with Crippen LogP contribution in [0.25, 0.3) is 0 Å². The molecule has 17 heterocycles. The maximum Gasteiger partial charge on any atom is 0.410 e. The number of likely N-dealkylation sites (tertiary alicyclic amines) is 3. The van der Waals surface area contributed by atoms with E-state index in [1.165, 1.54) is 62.9 Å². The number of amides is 4. The third-order valence-corrected chi connectivity index (χ3v) is 24.4. The second-order valence-electron chi connectivity index (χ2n) is 39.0. The quantitative estimate of drug-likeness (QED) is 0.0620. The van der Waals surface area contributed by atoms with Crippen molar-refractivity contribution < 1.29 is 57.9 Å². The average Bonchev–Trinajstić information content (AvgIpc) is 1.83. The summed E-state index contributed by atoms with van der Waals surface area (Å²) in [7, 11) is 3.78. The maximum atomic E-state index is 12.1. The van der Waals surface area contributed by atoms with Gasteiger partial charge in [0.15, 0.2) is 5.78 Å². The monoisotopic (exact) mass is 1980 g/mol. The van der Waals surface area contributed by atoms with Crippen molar-refractivity contribution in [3.8, 4) is 0 Å². The molecule has 8 saturated heterocycles. The van der Waals surface area contributed by atoms with Crippen LogP contribution >= 0.6 is 0 Å². The van der Waals surface area contributed by atoms with Crippen LogP contribution in [0.1, 0.15) is 198 Å². The molecule has 4 amide bonds. The number of hydrogen-bond acceptors (Lipinski definition) is 24. The number of nitrogens with one attached hydrogen (secondary N) is 2. The molecule has 782 valence electrons. The fourth-order valence-corrected chi connectivity index (χ4v) is 16.4. The number of β-amino-alcohol motifs (C(OH)–C–C–N with tert-alkyl or cyclic N) is 1. The molecule has 0 spiro atoms. The molecule has 0 radical (unpaired) electrons. The lowest BCUT2D eigenvalue weighted by atomic mass is 10.1. The van der Waals surface area contributed by atoms with Gasteiger partial charge in [-0.25, -0.2) is 4.79 Å². The molecule has 19 rings (SSSR count). The molecule has 0 saturated carbocycles. The normalized spacial score (nSPS) is 17.1. The van der Waals surface area contributed by atoms with Gasteiger partial charge in [-0.3, -0.25) is 71.0 Å². The zero-order valence-electron chi connectivity index (χ0n) is 87.8. The van der Waals surface area contributed by atoms with Gasteiger partial charge < -0.3 is 64.3 Å². The molecule has 8 aliphatic rings. The van der Waals surface area contributed by atoms with E-state index in [-0.39, 0.29) is 42.2 Å². The van der Waals surface area contributed by atoms with E-state index in [0.717, 1.165) is 211 Å². The minimum absolute atomic E-state index is 0.0200. The summed E-state index contributed by atoms with van der Waals surface area (Å²) in [5.74, 6) is -0.378. The number of ketones is 1. The Kier molecular flexibility index (Phi) is 48.4. The number of piperazine rings is 1. The highest BCUT2D eigenvalue weighted by atomic mass is 16.6. The molecule has 38 nitrogen and oxygen atoms in total. The summed E-state index contributed by atoms with van der Waals surface area (Å²) in [5.41, 5.74) is 13.9. The molecule has 4 N–H and O–H groups in total. The fourth-order valence-electron chi connectivity index (χ4n) is 16.4. The number of carbonyl (C=O) groups is 6. The van der Waals surface area contributed by atoms with Crippen molar-refractivity contribution in [3.05, 3.63) is 232 Å². The third-order valence-electron chi connectivity index (χ3n) is 24.4. The summed E-state index contributed by atoms with van der Waals surface area (Å²) in [4.78, 5) is 80.4. The van der Waals surface area contributed by atoms with Gasteiger partial charge in [0.1, 0.15) is 18.7 Å². The van der Waals surface area contributed by atoms with Gasteiger partial charge in [-0.2, -0.15) is 45.9 Å². The van der Waals surface area contributed by atoms with Crippen molar-refractivity contribution in [2.24, 2.45) is 0 Å². The smallest absolute Gasteiger partial charge is 0.410 e. The number of morpholine rings is 1. The molecule has 2 aromatic carbocycles. The van der Waals surface area contributed by atoms with Gasteiger partial charge in [0.05, 0.1) is 125 Å². The molecule has 8 fully saturated rings. The number of hydrogen-bond donors (Lipinski definition) is 4. The number of carbonyl (C=O) groups excluding carboxylic acids is 5. The Morgan fingerprint density at radius 2 is 0.776 bits per heavy atom. The first kappa shape index (κ1) is 114. The van der Waals surface area contributed by atoms with E-state index >= 15 is 0 Å². The SMILES string of the molecule is CC(=O)Cn1cc(C)cn1.COCCn1cc(C)cn1.Cc1ccc(C(=O)N2CCN(C)CC2)cc1.Cc1ccc(C(=O)N2CC[C@@H](O)C2)cc1.Cc1cnn(C2CCN(C(=O)OC(C)(C)C)CC2)c1.Cc1cnn(C2CCNCC2)c1.Cc1cnn(C2CCOCC2)c1.Cc1cnn(CC(=O)N2CCCC2)c1.Cc1cnn(CC(=O)O)c1.Cc1cnn(CCN2CCOCC2)c1.Cc1cnn([C@H]2CCNC2)c1. The topological polar surface area (TPSA) is 384 Å². The van der Waals surface area contributed by atoms with Crippen molar-refractivity contribution in [3.63, 3.8) is 0 Å². The number of aliphatic hydroxyl groups excluding tert-OH is 1. The molecular formula is C105H160N26O12. The average molecular weight is 1980 g/mol. The van der Waals surface area contributed by atoms with E-state index in [4.69, 9.17) is 24.1 Å². The summed E-state index contributed by atoms with van der Waals surface area (Å²) < 4.78 is 37.7. The maximum absolute atomic E-state index is 12.1. The van der Waals surface area contributed by atoms with Gasteiger partial charge in [0.25, 0.3) is 11.8 Å². The largest absolute Gasteiger partial charge is 0.480 e. The lowest BCUT2D eigenvalue weighted by molar-refractivity contribution is -0.138. The molecule has 0 bridgehead atoms.